The molecule has 0 bridgehead atoms. The highest BCUT2D eigenvalue weighted by molar-refractivity contribution is 5.89. The van der Waals surface area contributed by atoms with Crippen LogP contribution < -0.4 is 10.6 Å². The van der Waals surface area contributed by atoms with Gasteiger partial charge in [-0.1, -0.05) is 6.58 Å². The van der Waals surface area contributed by atoms with Crippen molar-refractivity contribution in [3.05, 3.63) is 36.7 Å². The Kier molecular flexibility index (Phi) is 5.74. The molecule has 0 saturated heterocycles. The third kappa shape index (κ3) is 5.67. The molecular weight excluding hydrogens is 218 g/mol. The second kappa shape index (κ2) is 7.40. The number of carbonyl (C=O) groups is 2. The SMILES string of the molecule is C=CC(=O)CCNCC(=O)NCc1ccc[nH]1. The van der Waals surface area contributed by atoms with Crippen LogP contribution in [0.5, 0.6) is 0 Å². The quantitative estimate of drug-likeness (QED) is 0.450. The zero-order valence-electron chi connectivity index (χ0n) is 9.66. The molecule has 0 aliphatic carbocycles. The second-order valence-corrected chi connectivity index (χ2v) is 3.57. The van der Waals surface area contributed by atoms with Gasteiger partial charge >= 0.3 is 0 Å². The molecule has 1 amide bonds. The molecule has 0 spiro atoms. The summed E-state index contributed by atoms with van der Waals surface area (Å²) in [6.45, 7) is 4.56. The van der Waals surface area contributed by atoms with Crippen LogP contribution in [0.25, 0.3) is 0 Å². The number of amides is 1. The molecule has 17 heavy (non-hydrogen) atoms. The summed E-state index contributed by atoms with van der Waals surface area (Å²) in [5.41, 5.74) is 0.959. The largest absolute Gasteiger partial charge is 0.364 e. The Hall–Kier alpha value is -1.88. The standard InChI is InChI=1S/C12H17N3O2/c1-2-11(16)5-7-13-9-12(17)15-8-10-4-3-6-14-10/h2-4,6,13-14H,1,5,7-9H2,(H,15,17). The molecule has 0 radical (unpaired) electrons. The number of aromatic nitrogens is 1. The lowest BCUT2D eigenvalue weighted by Gasteiger charge is -2.05. The summed E-state index contributed by atoms with van der Waals surface area (Å²) in [6.07, 6.45) is 3.46. The van der Waals surface area contributed by atoms with Crippen LogP contribution >= 0.6 is 0 Å². The fourth-order valence-electron chi connectivity index (χ4n) is 1.25. The molecule has 0 saturated carbocycles. The fraction of sp³-hybridized carbons (Fsp3) is 0.333. The van der Waals surface area contributed by atoms with Crippen LogP contribution in [0.2, 0.25) is 0 Å². The van der Waals surface area contributed by atoms with Gasteiger partial charge in [-0.2, -0.15) is 0 Å². The van der Waals surface area contributed by atoms with Crippen molar-refractivity contribution in [2.24, 2.45) is 0 Å². The Balaban J connectivity index is 2.05. The highest BCUT2D eigenvalue weighted by Crippen LogP contribution is 1.92. The maximum Gasteiger partial charge on any atom is 0.234 e. The molecule has 0 aliphatic rings. The lowest BCUT2D eigenvalue weighted by molar-refractivity contribution is -0.120. The summed E-state index contributed by atoms with van der Waals surface area (Å²) in [7, 11) is 0. The summed E-state index contributed by atoms with van der Waals surface area (Å²) in [6, 6.07) is 3.77. The number of hydrogen-bond acceptors (Lipinski definition) is 3. The van der Waals surface area contributed by atoms with Gasteiger partial charge < -0.3 is 15.6 Å². The number of carbonyl (C=O) groups excluding carboxylic acids is 2. The molecule has 1 heterocycles. The number of allylic oxidation sites excluding steroid dienone is 1. The van der Waals surface area contributed by atoms with Crippen LogP contribution in [-0.4, -0.2) is 29.8 Å². The molecule has 5 heteroatoms. The van der Waals surface area contributed by atoms with Gasteiger partial charge in [-0.05, 0) is 18.2 Å². The van der Waals surface area contributed by atoms with Crippen molar-refractivity contribution in [3.8, 4) is 0 Å². The predicted molar refractivity (Wildman–Crippen MR) is 65.3 cm³/mol. The van der Waals surface area contributed by atoms with Gasteiger partial charge in [0.1, 0.15) is 0 Å². The van der Waals surface area contributed by atoms with Gasteiger partial charge in [-0.3, -0.25) is 9.59 Å². The maximum absolute atomic E-state index is 11.4. The highest BCUT2D eigenvalue weighted by Gasteiger charge is 2.01. The van der Waals surface area contributed by atoms with Crippen LogP contribution in [0.3, 0.4) is 0 Å². The van der Waals surface area contributed by atoms with Gasteiger partial charge in [0.15, 0.2) is 5.78 Å². The average Bonchev–Trinajstić information content (AvgIpc) is 2.84. The van der Waals surface area contributed by atoms with E-state index in [1.54, 1.807) is 6.20 Å². The summed E-state index contributed by atoms with van der Waals surface area (Å²) in [4.78, 5) is 25.2. The smallest absolute Gasteiger partial charge is 0.234 e. The normalized spacial score (nSPS) is 9.88. The minimum absolute atomic E-state index is 0.0238. The predicted octanol–water partition coefficient (Wildman–Crippen LogP) is 0.366. The van der Waals surface area contributed by atoms with Gasteiger partial charge in [0, 0.05) is 24.9 Å². The van der Waals surface area contributed by atoms with Crippen LogP contribution in [0.1, 0.15) is 12.1 Å². The number of hydrogen-bond donors (Lipinski definition) is 3. The summed E-state index contributed by atoms with van der Waals surface area (Å²) in [5.74, 6) is -0.116. The van der Waals surface area contributed by atoms with Crippen LogP contribution in [-0.2, 0) is 16.1 Å². The van der Waals surface area contributed by atoms with E-state index in [0.717, 1.165) is 5.69 Å². The van der Waals surface area contributed by atoms with Crippen molar-refractivity contribution in [3.63, 3.8) is 0 Å². The molecule has 0 aliphatic heterocycles. The number of nitrogens with one attached hydrogen (secondary N) is 3. The molecule has 1 rings (SSSR count). The van der Waals surface area contributed by atoms with Crippen molar-refractivity contribution in [2.75, 3.05) is 13.1 Å². The summed E-state index contributed by atoms with van der Waals surface area (Å²) < 4.78 is 0. The van der Waals surface area contributed by atoms with Gasteiger partial charge in [0.2, 0.25) is 5.91 Å². The molecular formula is C12H17N3O2. The Morgan fingerprint density at radius 1 is 1.47 bits per heavy atom. The monoisotopic (exact) mass is 235 g/mol. The molecule has 1 aromatic heterocycles. The van der Waals surface area contributed by atoms with Crippen molar-refractivity contribution in [2.45, 2.75) is 13.0 Å². The lowest BCUT2D eigenvalue weighted by atomic mass is 10.3. The number of H-pyrrole nitrogens is 1. The van der Waals surface area contributed by atoms with E-state index >= 15 is 0 Å². The second-order valence-electron chi connectivity index (χ2n) is 3.57. The first-order valence-electron chi connectivity index (χ1n) is 5.47. The minimum atomic E-state index is -0.0920. The van der Waals surface area contributed by atoms with Gasteiger partial charge in [0.05, 0.1) is 13.1 Å². The van der Waals surface area contributed by atoms with E-state index in [1.807, 2.05) is 12.1 Å². The Labute approximate surface area is 100 Å². The minimum Gasteiger partial charge on any atom is -0.364 e. The summed E-state index contributed by atoms with van der Waals surface area (Å²) >= 11 is 0. The van der Waals surface area contributed by atoms with Crippen molar-refractivity contribution in [1.82, 2.24) is 15.6 Å². The molecule has 0 atom stereocenters. The first kappa shape index (κ1) is 13.2. The highest BCUT2D eigenvalue weighted by atomic mass is 16.2. The number of rotatable bonds is 8. The zero-order chi connectivity index (χ0) is 12.5. The molecule has 92 valence electrons. The zero-order valence-corrected chi connectivity index (χ0v) is 9.66. The average molecular weight is 235 g/mol. The van der Waals surface area contributed by atoms with E-state index in [4.69, 9.17) is 0 Å². The first-order valence-corrected chi connectivity index (χ1v) is 5.47. The van der Waals surface area contributed by atoms with Crippen LogP contribution in [0.15, 0.2) is 31.0 Å². The van der Waals surface area contributed by atoms with Gasteiger partial charge in [-0.25, -0.2) is 0 Å². The third-order valence-corrected chi connectivity index (χ3v) is 2.20. The Morgan fingerprint density at radius 2 is 2.29 bits per heavy atom. The summed E-state index contributed by atoms with van der Waals surface area (Å²) in [5, 5.41) is 5.64. The molecule has 3 N–H and O–H groups in total. The molecule has 5 nitrogen and oxygen atoms in total. The lowest BCUT2D eigenvalue weighted by Crippen LogP contribution is -2.34. The van der Waals surface area contributed by atoms with Crippen LogP contribution in [0.4, 0.5) is 0 Å². The first-order chi connectivity index (χ1) is 8.22. The van der Waals surface area contributed by atoms with Crippen molar-refractivity contribution >= 4 is 11.7 Å². The molecule has 0 fully saturated rings. The third-order valence-electron chi connectivity index (χ3n) is 2.20. The maximum atomic E-state index is 11.4. The fourth-order valence-corrected chi connectivity index (χ4v) is 1.25. The molecule has 0 unspecified atom stereocenters. The van der Waals surface area contributed by atoms with Gasteiger partial charge in [0.25, 0.3) is 0 Å². The van der Waals surface area contributed by atoms with E-state index in [0.29, 0.717) is 19.5 Å². The van der Waals surface area contributed by atoms with Crippen molar-refractivity contribution in [1.29, 1.82) is 0 Å². The van der Waals surface area contributed by atoms with Crippen molar-refractivity contribution < 1.29 is 9.59 Å². The molecule has 1 aromatic rings. The van der Waals surface area contributed by atoms with Gasteiger partial charge in [-0.15, -0.1) is 0 Å². The van der Waals surface area contributed by atoms with E-state index < -0.39 is 0 Å². The van der Waals surface area contributed by atoms with E-state index in [-0.39, 0.29) is 18.2 Å². The number of ketones is 1. The Morgan fingerprint density at radius 3 is 2.94 bits per heavy atom. The van der Waals surface area contributed by atoms with E-state index in [2.05, 4.69) is 22.2 Å². The topological polar surface area (TPSA) is 74.0 Å². The van der Waals surface area contributed by atoms with E-state index in [9.17, 15) is 9.59 Å². The van der Waals surface area contributed by atoms with E-state index in [1.165, 1.54) is 6.08 Å². The Bertz CT molecular complexity index is 371. The molecule has 0 aromatic carbocycles. The number of aromatic amines is 1. The van der Waals surface area contributed by atoms with Crippen LogP contribution in [0, 0.1) is 0 Å².